The molecule has 1 aliphatic carbocycles. The molecular weight excluding hydrogens is 524 g/mol. The fourth-order valence-corrected chi connectivity index (χ4v) is 5.19. The predicted molar refractivity (Wildman–Crippen MR) is 127 cm³/mol. The van der Waals surface area contributed by atoms with Crippen LogP contribution in [0.5, 0.6) is 0 Å². The first-order valence-corrected chi connectivity index (χ1v) is 13.4. The molecule has 1 aliphatic heterocycles. The van der Waals surface area contributed by atoms with E-state index in [0.717, 1.165) is 24.2 Å². The van der Waals surface area contributed by atoms with E-state index >= 15 is 0 Å². The summed E-state index contributed by atoms with van der Waals surface area (Å²) in [5.74, 6) is -2.07. The molecule has 0 spiro atoms. The number of piperidine rings is 1. The highest BCUT2D eigenvalue weighted by Gasteiger charge is 2.48. The predicted octanol–water partition coefficient (Wildman–Crippen LogP) is 4.33. The van der Waals surface area contributed by atoms with Gasteiger partial charge in [-0.15, -0.1) is 0 Å². The van der Waals surface area contributed by atoms with Gasteiger partial charge in [-0.25, -0.2) is 17.8 Å². The molecule has 3 unspecified atom stereocenters. The number of carbonyl (C=O) groups excluding carboxylic acids is 1. The number of fused-ring (bicyclic) bond motifs is 1. The maximum absolute atomic E-state index is 14.3. The summed E-state index contributed by atoms with van der Waals surface area (Å²) >= 11 is 5.84. The molecule has 1 aromatic heterocycles. The maximum Gasteiger partial charge on any atom is 0.413 e. The number of nitrogens with zero attached hydrogens (tertiary/aromatic N) is 3. The molecule has 3 atom stereocenters. The van der Waals surface area contributed by atoms with E-state index in [-0.39, 0.29) is 36.0 Å². The van der Waals surface area contributed by atoms with Crippen LogP contribution >= 0.6 is 11.6 Å². The molecule has 1 N–H and O–H groups in total. The van der Waals surface area contributed by atoms with E-state index < -0.39 is 39.9 Å². The minimum atomic E-state index is -4.79. The van der Waals surface area contributed by atoms with Crippen molar-refractivity contribution in [3.8, 4) is 0 Å². The van der Waals surface area contributed by atoms with Crippen LogP contribution < -0.4 is 5.32 Å². The minimum absolute atomic E-state index is 0.0344. The van der Waals surface area contributed by atoms with Crippen molar-refractivity contribution in [2.75, 3.05) is 18.1 Å². The van der Waals surface area contributed by atoms with Crippen LogP contribution in [0.4, 0.5) is 23.4 Å². The molecule has 1 aromatic carbocycles. The van der Waals surface area contributed by atoms with Crippen LogP contribution in [0, 0.1) is 11.7 Å². The van der Waals surface area contributed by atoms with Crippen molar-refractivity contribution in [1.29, 1.82) is 0 Å². The molecule has 7 nitrogen and oxygen atoms in total. The van der Waals surface area contributed by atoms with Crippen molar-refractivity contribution in [2.45, 2.75) is 43.9 Å². The highest BCUT2D eigenvalue weighted by molar-refractivity contribution is 7.89. The number of carbonyl (C=O) groups is 1. The molecule has 2 heterocycles. The van der Waals surface area contributed by atoms with E-state index in [1.54, 1.807) is 6.07 Å². The van der Waals surface area contributed by atoms with E-state index in [1.165, 1.54) is 18.2 Å². The van der Waals surface area contributed by atoms with Gasteiger partial charge in [0.05, 0.1) is 17.2 Å². The third kappa shape index (κ3) is 5.80. The second-order valence-corrected chi connectivity index (χ2v) is 11.0. The Balaban J connectivity index is 1.51. The summed E-state index contributed by atoms with van der Waals surface area (Å²) in [5.41, 5.74) is 1.08. The number of pyridine rings is 1. The summed E-state index contributed by atoms with van der Waals surface area (Å²) in [4.78, 5) is 17.6. The van der Waals surface area contributed by atoms with Crippen molar-refractivity contribution in [3.63, 3.8) is 0 Å². The van der Waals surface area contributed by atoms with Crippen LogP contribution in [0.1, 0.15) is 35.6 Å². The lowest BCUT2D eigenvalue weighted by molar-refractivity contribution is -0.195. The van der Waals surface area contributed by atoms with E-state index in [4.69, 9.17) is 11.6 Å². The summed E-state index contributed by atoms with van der Waals surface area (Å²) in [5, 5.41) is 3.14. The number of halogens is 5. The number of nitrogens with one attached hydrogen (secondary N) is 1. The average molecular weight is 547 g/mol. The third-order valence-corrected chi connectivity index (χ3v) is 7.03. The Morgan fingerprint density at radius 1 is 1.25 bits per heavy atom. The molecule has 36 heavy (non-hydrogen) atoms. The van der Waals surface area contributed by atoms with Gasteiger partial charge in [-0.1, -0.05) is 23.7 Å². The van der Waals surface area contributed by atoms with Crippen molar-refractivity contribution in [3.05, 3.63) is 58.0 Å². The van der Waals surface area contributed by atoms with Crippen molar-refractivity contribution >= 4 is 39.6 Å². The SMILES string of the molecule is CS(=O)(=O)N=CC1CCCN(C(c2ccc(NC3Cc4ccc(Cl)c(F)c4C3)nc2)C(F)(F)F)C1=O. The van der Waals surface area contributed by atoms with Gasteiger partial charge in [0.15, 0.2) is 6.04 Å². The van der Waals surface area contributed by atoms with Gasteiger partial charge in [-0.3, -0.25) is 4.79 Å². The summed E-state index contributed by atoms with van der Waals surface area (Å²) in [7, 11) is -3.77. The van der Waals surface area contributed by atoms with E-state index in [9.17, 15) is 30.8 Å². The van der Waals surface area contributed by atoms with Gasteiger partial charge >= 0.3 is 6.18 Å². The summed E-state index contributed by atoms with van der Waals surface area (Å²) in [6.07, 6.45) is -0.661. The number of rotatable bonds is 6. The van der Waals surface area contributed by atoms with Gasteiger partial charge in [-0.05, 0) is 48.9 Å². The van der Waals surface area contributed by atoms with Crippen LogP contribution in [0.25, 0.3) is 0 Å². The monoisotopic (exact) mass is 546 g/mol. The van der Waals surface area contributed by atoms with E-state index in [2.05, 4.69) is 14.7 Å². The number of aromatic nitrogens is 1. The molecule has 194 valence electrons. The smallest absolute Gasteiger partial charge is 0.367 e. The van der Waals surface area contributed by atoms with Gasteiger partial charge < -0.3 is 10.2 Å². The quantitative estimate of drug-likeness (QED) is 0.430. The Hall–Kier alpha value is -2.73. The fourth-order valence-electron chi connectivity index (χ4n) is 4.64. The Bertz CT molecular complexity index is 1290. The molecule has 1 saturated heterocycles. The molecule has 0 saturated carbocycles. The van der Waals surface area contributed by atoms with Gasteiger partial charge in [0.2, 0.25) is 15.9 Å². The van der Waals surface area contributed by atoms with Gasteiger partial charge in [-0.2, -0.15) is 17.6 Å². The zero-order chi connectivity index (χ0) is 26.3. The number of anilines is 1. The largest absolute Gasteiger partial charge is 0.413 e. The van der Waals surface area contributed by atoms with Crippen LogP contribution in [0.3, 0.4) is 0 Å². The number of hydrogen-bond acceptors (Lipinski definition) is 5. The molecule has 4 rings (SSSR count). The molecule has 1 fully saturated rings. The maximum atomic E-state index is 14.3. The fraction of sp³-hybridized carbons (Fsp3) is 0.435. The lowest BCUT2D eigenvalue weighted by Crippen LogP contribution is -2.48. The number of likely N-dealkylation sites (tertiary alicyclic amines) is 1. The zero-order valence-electron chi connectivity index (χ0n) is 19.1. The lowest BCUT2D eigenvalue weighted by Gasteiger charge is -2.38. The van der Waals surface area contributed by atoms with E-state index in [1.807, 2.05) is 0 Å². The number of benzene rings is 1. The molecule has 0 bridgehead atoms. The third-order valence-electron chi connectivity index (χ3n) is 6.23. The first kappa shape index (κ1) is 26.3. The molecule has 13 heteroatoms. The van der Waals surface area contributed by atoms with Gasteiger partial charge in [0, 0.05) is 30.6 Å². The molecule has 2 aromatic rings. The van der Waals surface area contributed by atoms with Gasteiger partial charge in [0.25, 0.3) is 0 Å². The van der Waals surface area contributed by atoms with Crippen LogP contribution in [0.15, 0.2) is 34.9 Å². The molecule has 1 amide bonds. The Morgan fingerprint density at radius 3 is 2.64 bits per heavy atom. The number of sulfonamides is 1. The van der Waals surface area contributed by atoms with Crippen LogP contribution in [-0.2, 0) is 27.7 Å². The summed E-state index contributed by atoms with van der Waals surface area (Å²) in [6, 6.07) is 3.42. The second kappa shape index (κ2) is 9.97. The number of hydrogen-bond donors (Lipinski definition) is 1. The lowest BCUT2D eigenvalue weighted by atomic mass is 9.95. The molecule has 0 radical (unpaired) electrons. The molecule has 2 aliphatic rings. The highest BCUT2D eigenvalue weighted by atomic mass is 35.5. The number of alkyl halides is 3. The average Bonchev–Trinajstić information content (AvgIpc) is 3.20. The van der Waals surface area contributed by atoms with Crippen molar-refractivity contribution in [1.82, 2.24) is 9.88 Å². The highest BCUT2D eigenvalue weighted by Crippen LogP contribution is 2.40. The first-order chi connectivity index (χ1) is 16.8. The Morgan fingerprint density at radius 2 is 2.00 bits per heavy atom. The van der Waals surface area contributed by atoms with E-state index in [0.29, 0.717) is 29.1 Å². The van der Waals surface area contributed by atoms with Gasteiger partial charge in [0.1, 0.15) is 11.6 Å². The van der Waals surface area contributed by atoms with Crippen molar-refractivity contribution < 1.29 is 30.8 Å². The Labute approximate surface area is 210 Å². The molecular formula is C23H23ClF4N4O3S. The zero-order valence-corrected chi connectivity index (χ0v) is 20.7. The first-order valence-electron chi connectivity index (χ1n) is 11.1. The normalized spacial score (nSPS) is 21.6. The second-order valence-electron chi connectivity index (χ2n) is 8.94. The topological polar surface area (TPSA) is 91.7 Å². The van der Waals surface area contributed by atoms with Crippen LogP contribution in [0.2, 0.25) is 5.02 Å². The minimum Gasteiger partial charge on any atom is -0.367 e. The van der Waals surface area contributed by atoms with Crippen molar-refractivity contribution in [2.24, 2.45) is 10.3 Å². The standard InChI is InChI=1S/C23H23ClF4N4O3S/c1-36(34,35)30-12-15-3-2-8-32(22(15)33)21(23(26,27)28)14-5-7-19(29-11-14)31-16-9-13-4-6-18(24)20(25)17(13)10-16/h4-7,11-12,15-16,21H,2-3,8-10H2,1H3,(H,29,31). The summed E-state index contributed by atoms with van der Waals surface area (Å²) in [6.45, 7) is -0.138. The van der Waals surface area contributed by atoms with Crippen LogP contribution in [-0.4, -0.2) is 55.4 Å². The summed E-state index contributed by atoms with van der Waals surface area (Å²) < 4.78 is 82.5. The number of amides is 1. The Kier molecular flexibility index (Phi) is 7.29.